The second-order valence-corrected chi connectivity index (χ2v) is 6.04. The Balaban J connectivity index is 2.83. The predicted molar refractivity (Wildman–Crippen MR) is 68.5 cm³/mol. The number of hydrogen-bond acceptors (Lipinski definition) is 3. The average Bonchev–Trinajstić information content (AvgIpc) is 2.15. The summed E-state index contributed by atoms with van der Waals surface area (Å²) in [6, 6.07) is 1.16. The predicted octanol–water partition coefficient (Wildman–Crippen LogP) is 1.86. The van der Waals surface area contributed by atoms with Gasteiger partial charge in [0.1, 0.15) is 0 Å². The smallest absolute Gasteiger partial charge is 0.0622 e. The minimum Gasteiger partial charge on any atom is -0.378 e. The molecule has 16 heavy (non-hydrogen) atoms. The number of nitrogens with zero attached hydrogens (tertiary/aromatic N) is 1. The van der Waals surface area contributed by atoms with E-state index in [-0.39, 0.29) is 11.5 Å². The number of ether oxygens (including phenoxy) is 1. The monoisotopic (exact) mass is 228 g/mol. The molecule has 1 heterocycles. The molecule has 96 valence electrons. The van der Waals surface area contributed by atoms with E-state index in [4.69, 9.17) is 10.5 Å². The lowest BCUT2D eigenvalue weighted by atomic mass is 9.81. The zero-order chi connectivity index (χ0) is 12.3. The molecule has 1 fully saturated rings. The Kier molecular flexibility index (Phi) is 4.77. The van der Waals surface area contributed by atoms with E-state index in [0.717, 1.165) is 26.2 Å². The first-order valence-corrected chi connectivity index (χ1v) is 6.47. The van der Waals surface area contributed by atoms with Crippen molar-refractivity contribution in [2.45, 2.75) is 59.2 Å². The molecule has 0 saturated carbocycles. The van der Waals surface area contributed by atoms with Crippen LogP contribution in [0.5, 0.6) is 0 Å². The standard InChI is InChI=1S/C13H28N2O/c1-6-11-9-16-8-7-15(11)12(10(2)14)13(3,4)5/h10-12H,6-9,14H2,1-5H3. The molecule has 0 spiro atoms. The Hall–Kier alpha value is -0.120. The third-order valence-corrected chi connectivity index (χ3v) is 3.49. The molecule has 1 rings (SSSR count). The lowest BCUT2D eigenvalue weighted by Gasteiger charge is -2.48. The highest BCUT2D eigenvalue weighted by Gasteiger charge is 2.37. The summed E-state index contributed by atoms with van der Waals surface area (Å²) >= 11 is 0. The maximum absolute atomic E-state index is 6.19. The van der Waals surface area contributed by atoms with Gasteiger partial charge in [-0.25, -0.2) is 0 Å². The molecule has 3 atom stereocenters. The third-order valence-electron chi connectivity index (χ3n) is 3.49. The van der Waals surface area contributed by atoms with E-state index in [1.54, 1.807) is 0 Å². The molecular formula is C13H28N2O. The minimum atomic E-state index is 0.201. The van der Waals surface area contributed by atoms with Crippen LogP contribution in [0.15, 0.2) is 0 Å². The van der Waals surface area contributed by atoms with Gasteiger partial charge in [0.2, 0.25) is 0 Å². The van der Waals surface area contributed by atoms with Crippen LogP contribution in [0, 0.1) is 5.41 Å². The summed E-state index contributed by atoms with van der Waals surface area (Å²) in [7, 11) is 0. The zero-order valence-electron chi connectivity index (χ0n) is 11.5. The SMILES string of the molecule is CCC1COCCN1C(C(C)N)C(C)(C)C. The lowest BCUT2D eigenvalue weighted by molar-refractivity contribution is -0.0587. The van der Waals surface area contributed by atoms with Gasteiger partial charge < -0.3 is 10.5 Å². The van der Waals surface area contributed by atoms with Crippen LogP contribution in [0.25, 0.3) is 0 Å². The van der Waals surface area contributed by atoms with Gasteiger partial charge in [-0.1, -0.05) is 27.7 Å². The van der Waals surface area contributed by atoms with Crippen LogP contribution in [0.2, 0.25) is 0 Å². The molecule has 1 aliphatic heterocycles. The van der Waals surface area contributed by atoms with Crippen molar-refractivity contribution < 1.29 is 4.74 Å². The Bertz CT molecular complexity index is 210. The molecule has 0 aliphatic carbocycles. The van der Waals surface area contributed by atoms with Crippen LogP contribution >= 0.6 is 0 Å². The van der Waals surface area contributed by atoms with E-state index in [1.165, 1.54) is 0 Å². The van der Waals surface area contributed by atoms with E-state index in [0.29, 0.717) is 12.1 Å². The van der Waals surface area contributed by atoms with Crippen molar-refractivity contribution in [2.75, 3.05) is 19.8 Å². The van der Waals surface area contributed by atoms with E-state index in [2.05, 4.69) is 39.5 Å². The van der Waals surface area contributed by atoms with Crippen molar-refractivity contribution in [1.29, 1.82) is 0 Å². The first-order chi connectivity index (χ1) is 7.38. The van der Waals surface area contributed by atoms with Crippen molar-refractivity contribution in [2.24, 2.45) is 11.1 Å². The van der Waals surface area contributed by atoms with Crippen LogP contribution in [-0.4, -0.2) is 42.8 Å². The molecule has 0 aromatic rings. The van der Waals surface area contributed by atoms with Crippen LogP contribution in [0.3, 0.4) is 0 Å². The van der Waals surface area contributed by atoms with Gasteiger partial charge in [-0.3, -0.25) is 4.90 Å². The fourth-order valence-electron chi connectivity index (χ4n) is 2.97. The van der Waals surface area contributed by atoms with Gasteiger partial charge in [0.25, 0.3) is 0 Å². The second-order valence-electron chi connectivity index (χ2n) is 6.04. The van der Waals surface area contributed by atoms with Crippen LogP contribution in [0.1, 0.15) is 41.0 Å². The topological polar surface area (TPSA) is 38.5 Å². The largest absolute Gasteiger partial charge is 0.378 e. The lowest BCUT2D eigenvalue weighted by Crippen LogP contribution is -2.60. The summed E-state index contributed by atoms with van der Waals surface area (Å²) in [6.45, 7) is 13.9. The fraction of sp³-hybridized carbons (Fsp3) is 1.00. The quantitative estimate of drug-likeness (QED) is 0.801. The summed E-state index contributed by atoms with van der Waals surface area (Å²) < 4.78 is 5.56. The van der Waals surface area contributed by atoms with E-state index in [9.17, 15) is 0 Å². The molecule has 0 radical (unpaired) electrons. The van der Waals surface area contributed by atoms with Crippen molar-refractivity contribution in [3.8, 4) is 0 Å². The van der Waals surface area contributed by atoms with Crippen LogP contribution < -0.4 is 5.73 Å². The molecule has 1 saturated heterocycles. The van der Waals surface area contributed by atoms with Crippen molar-refractivity contribution >= 4 is 0 Å². The van der Waals surface area contributed by atoms with Gasteiger partial charge in [0, 0.05) is 24.7 Å². The summed E-state index contributed by atoms with van der Waals surface area (Å²) in [5.41, 5.74) is 6.41. The Labute approximate surface area is 100 Å². The van der Waals surface area contributed by atoms with Gasteiger partial charge in [-0.15, -0.1) is 0 Å². The van der Waals surface area contributed by atoms with E-state index < -0.39 is 0 Å². The Morgan fingerprint density at radius 1 is 1.44 bits per heavy atom. The normalized spacial score (nSPS) is 27.8. The molecule has 1 aliphatic rings. The maximum Gasteiger partial charge on any atom is 0.0622 e. The van der Waals surface area contributed by atoms with Gasteiger partial charge >= 0.3 is 0 Å². The van der Waals surface area contributed by atoms with Crippen molar-refractivity contribution in [1.82, 2.24) is 4.90 Å². The summed E-state index contributed by atoms with van der Waals surface area (Å²) in [4.78, 5) is 2.56. The number of nitrogens with two attached hydrogens (primary N) is 1. The van der Waals surface area contributed by atoms with Gasteiger partial charge in [-0.2, -0.15) is 0 Å². The number of hydrogen-bond donors (Lipinski definition) is 1. The second kappa shape index (κ2) is 5.48. The van der Waals surface area contributed by atoms with E-state index >= 15 is 0 Å². The third kappa shape index (κ3) is 3.19. The Morgan fingerprint density at radius 3 is 2.50 bits per heavy atom. The molecule has 2 N–H and O–H groups in total. The average molecular weight is 228 g/mol. The minimum absolute atomic E-state index is 0.201. The summed E-state index contributed by atoms with van der Waals surface area (Å²) in [5, 5.41) is 0. The summed E-state index contributed by atoms with van der Waals surface area (Å²) in [5.74, 6) is 0. The van der Waals surface area contributed by atoms with Crippen molar-refractivity contribution in [3.05, 3.63) is 0 Å². The molecule has 0 aromatic carbocycles. The highest BCUT2D eigenvalue weighted by molar-refractivity contribution is 4.93. The molecule has 3 unspecified atom stereocenters. The van der Waals surface area contributed by atoms with E-state index in [1.807, 2.05) is 0 Å². The number of morpholine rings is 1. The van der Waals surface area contributed by atoms with Gasteiger partial charge in [-0.05, 0) is 18.8 Å². The zero-order valence-corrected chi connectivity index (χ0v) is 11.5. The molecule has 0 amide bonds. The summed E-state index contributed by atoms with van der Waals surface area (Å²) in [6.07, 6.45) is 1.14. The maximum atomic E-state index is 6.19. The highest BCUT2D eigenvalue weighted by Crippen LogP contribution is 2.29. The molecule has 3 nitrogen and oxygen atoms in total. The van der Waals surface area contributed by atoms with Crippen LogP contribution in [-0.2, 0) is 4.74 Å². The first kappa shape index (κ1) is 13.9. The molecule has 3 heteroatoms. The van der Waals surface area contributed by atoms with Gasteiger partial charge in [0.15, 0.2) is 0 Å². The first-order valence-electron chi connectivity index (χ1n) is 6.47. The van der Waals surface area contributed by atoms with Crippen molar-refractivity contribution in [3.63, 3.8) is 0 Å². The number of rotatable bonds is 3. The molecular weight excluding hydrogens is 200 g/mol. The van der Waals surface area contributed by atoms with Crippen LogP contribution in [0.4, 0.5) is 0 Å². The highest BCUT2D eigenvalue weighted by atomic mass is 16.5. The molecule has 0 aromatic heterocycles. The molecule has 0 bridgehead atoms. The van der Waals surface area contributed by atoms with Gasteiger partial charge in [0.05, 0.1) is 13.2 Å². The fourth-order valence-corrected chi connectivity index (χ4v) is 2.97. The Morgan fingerprint density at radius 2 is 2.06 bits per heavy atom.